The molecule has 0 saturated heterocycles. The van der Waals surface area contributed by atoms with E-state index in [0.29, 0.717) is 0 Å². The van der Waals surface area contributed by atoms with E-state index in [4.69, 9.17) is 11.6 Å². The molecule has 1 aromatic carbocycles. The first-order valence-electron chi connectivity index (χ1n) is 4.74. The van der Waals surface area contributed by atoms with E-state index >= 15 is 0 Å². The smallest absolute Gasteiger partial charge is 0.0931 e. The van der Waals surface area contributed by atoms with E-state index in [1.165, 1.54) is 15.3 Å². The van der Waals surface area contributed by atoms with Gasteiger partial charge in [-0.05, 0) is 36.1 Å². The molecule has 0 amide bonds. The molecule has 0 aliphatic heterocycles. The molecule has 1 unspecified atom stereocenters. The van der Waals surface area contributed by atoms with Crippen LogP contribution in [0, 0.1) is 0 Å². The zero-order valence-electron chi connectivity index (χ0n) is 8.61. The maximum Gasteiger partial charge on any atom is 0.0931 e. The summed E-state index contributed by atoms with van der Waals surface area (Å²) in [5, 5.41) is 0. The van der Waals surface area contributed by atoms with Gasteiger partial charge < -0.3 is 0 Å². The molecule has 0 bridgehead atoms. The largest absolute Gasteiger partial charge is 0.130 e. The highest BCUT2D eigenvalue weighted by Gasteiger charge is 2.12. The lowest BCUT2D eigenvalue weighted by Gasteiger charge is -2.08. The average Bonchev–Trinajstić information content (AvgIpc) is 2.75. The van der Waals surface area contributed by atoms with Gasteiger partial charge in [-0.1, -0.05) is 39.7 Å². The van der Waals surface area contributed by atoms with E-state index in [-0.39, 0.29) is 4.83 Å². The van der Waals surface area contributed by atoms with E-state index < -0.39 is 0 Å². The summed E-state index contributed by atoms with van der Waals surface area (Å²) in [7, 11) is 0. The minimum absolute atomic E-state index is 0.237. The number of thiophene rings is 1. The van der Waals surface area contributed by atoms with Crippen LogP contribution in [-0.4, -0.2) is 6.26 Å². The van der Waals surface area contributed by atoms with E-state index in [1.807, 2.05) is 6.07 Å². The van der Waals surface area contributed by atoms with Crippen LogP contribution < -0.4 is 0 Å². The van der Waals surface area contributed by atoms with Gasteiger partial charge in [0.25, 0.3) is 0 Å². The van der Waals surface area contributed by atoms with Crippen molar-refractivity contribution in [3.8, 4) is 0 Å². The molecule has 0 aliphatic carbocycles. The fourth-order valence-electron chi connectivity index (χ4n) is 1.40. The number of alkyl halides is 1. The molecule has 0 spiro atoms. The Hall–Kier alpha value is 0.0400. The summed E-state index contributed by atoms with van der Waals surface area (Å²) in [4.78, 5) is 2.76. The lowest BCUT2D eigenvalue weighted by molar-refractivity contribution is 1.21. The highest BCUT2D eigenvalue weighted by atomic mass is 79.9. The summed E-state index contributed by atoms with van der Waals surface area (Å²) in [6.07, 6.45) is 2.08. The van der Waals surface area contributed by atoms with Crippen LogP contribution in [0.1, 0.15) is 15.3 Å². The van der Waals surface area contributed by atoms with E-state index in [0.717, 1.165) is 4.34 Å². The Bertz CT molecular complexity index is 464. The van der Waals surface area contributed by atoms with Crippen LogP contribution in [0.4, 0.5) is 0 Å². The predicted molar refractivity (Wildman–Crippen MR) is 78.3 cm³/mol. The second-order valence-corrected chi connectivity index (χ2v) is 6.82. The normalized spacial score (nSPS) is 12.7. The lowest BCUT2D eigenvalue weighted by Crippen LogP contribution is -1.88. The molecule has 1 aromatic heterocycles. The zero-order valence-corrected chi connectivity index (χ0v) is 12.6. The van der Waals surface area contributed by atoms with Gasteiger partial charge in [-0.2, -0.15) is 0 Å². The monoisotopic (exact) mass is 332 g/mol. The number of rotatable bonds is 3. The van der Waals surface area contributed by atoms with Crippen molar-refractivity contribution in [2.45, 2.75) is 9.72 Å². The quantitative estimate of drug-likeness (QED) is 0.520. The average molecular weight is 334 g/mol. The molecule has 0 fully saturated rings. The topological polar surface area (TPSA) is 0 Å². The van der Waals surface area contributed by atoms with Gasteiger partial charge in [0.1, 0.15) is 0 Å². The Labute approximate surface area is 117 Å². The second-order valence-electron chi connectivity index (χ2n) is 3.28. The van der Waals surface area contributed by atoms with Gasteiger partial charge in [0.15, 0.2) is 0 Å². The number of benzene rings is 1. The maximum absolute atomic E-state index is 5.93. The van der Waals surface area contributed by atoms with Crippen molar-refractivity contribution in [2.75, 3.05) is 6.26 Å². The van der Waals surface area contributed by atoms with Crippen LogP contribution in [-0.2, 0) is 0 Å². The summed E-state index contributed by atoms with van der Waals surface area (Å²) < 4.78 is 0.834. The van der Waals surface area contributed by atoms with Gasteiger partial charge in [0, 0.05) is 9.77 Å². The highest BCUT2D eigenvalue weighted by molar-refractivity contribution is 9.09. The highest BCUT2D eigenvalue weighted by Crippen LogP contribution is 2.37. The van der Waals surface area contributed by atoms with Gasteiger partial charge in [-0.25, -0.2) is 0 Å². The first kappa shape index (κ1) is 12.5. The van der Waals surface area contributed by atoms with Crippen molar-refractivity contribution in [2.24, 2.45) is 0 Å². The van der Waals surface area contributed by atoms with Gasteiger partial charge in [-0.15, -0.1) is 23.1 Å². The summed E-state index contributed by atoms with van der Waals surface area (Å²) in [5.41, 5.74) is 1.26. The Kier molecular flexibility index (Phi) is 4.36. The molecule has 0 N–H and O–H groups in total. The predicted octanol–water partition coefficient (Wildman–Crippen LogP) is 5.61. The molecule has 2 rings (SSSR count). The third-order valence-electron chi connectivity index (χ3n) is 2.25. The maximum atomic E-state index is 5.93. The third-order valence-corrected chi connectivity index (χ3v) is 5.62. The van der Waals surface area contributed by atoms with Crippen LogP contribution >= 0.6 is 50.6 Å². The Morgan fingerprint density at radius 2 is 1.88 bits per heavy atom. The van der Waals surface area contributed by atoms with Gasteiger partial charge in [0.05, 0.1) is 9.16 Å². The van der Waals surface area contributed by atoms with Crippen molar-refractivity contribution in [3.05, 3.63) is 51.2 Å². The zero-order chi connectivity index (χ0) is 11.5. The lowest BCUT2D eigenvalue weighted by atomic mass is 10.1. The SMILES string of the molecule is CSc1ccc(C(Br)c2ccc(Cl)s2)cc1. The molecule has 0 saturated carbocycles. The van der Waals surface area contributed by atoms with Crippen LogP contribution in [0.15, 0.2) is 41.3 Å². The number of halogens is 2. The molecule has 84 valence electrons. The summed E-state index contributed by atoms with van der Waals surface area (Å²) >= 11 is 13.0. The van der Waals surface area contributed by atoms with Crippen molar-refractivity contribution in [1.29, 1.82) is 0 Å². The standard InChI is InChI=1S/C12H10BrClS2/c1-15-9-4-2-8(3-5-9)12(13)10-6-7-11(14)16-10/h2-7,12H,1H3. The molecular formula is C12H10BrClS2. The summed E-state index contributed by atoms with van der Waals surface area (Å²) in [5.74, 6) is 0. The van der Waals surface area contributed by atoms with Crippen LogP contribution in [0.5, 0.6) is 0 Å². The molecule has 4 heteroatoms. The van der Waals surface area contributed by atoms with E-state index in [1.54, 1.807) is 23.1 Å². The van der Waals surface area contributed by atoms with Crippen molar-refractivity contribution in [1.82, 2.24) is 0 Å². The number of hydrogen-bond acceptors (Lipinski definition) is 2. The van der Waals surface area contributed by atoms with Crippen molar-refractivity contribution >= 4 is 50.6 Å². The van der Waals surface area contributed by atoms with E-state index in [9.17, 15) is 0 Å². The van der Waals surface area contributed by atoms with E-state index in [2.05, 4.69) is 52.5 Å². The molecule has 16 heavy (non-hydrogen) atoms. The van der Waals surface area contributed by atoms with Crippen LogP contribution in [0.2, 0.25) is 4.34 Å². The fourth-order valence-corrected chi connectivity index (χ4v) is 3.62. The molecule has 0 radical (unpaired) electrons. The fraction of sp³-hybridized carbons (Fsp3) is 0.167. The van der Waals surface area contributed by atoms with Crippen LogP contribution in [0.25, 0.3) is 0 Å². The minimum Gasteiger partial charge on any atom is -0.130 e. The van der Waals surface area contributed by atoms with Gasteiger partial charge in [0.2, 0.25) is 0 Å². The van der Waals surface area contributed by atoms with Gasteiger partial charge in [-0.3, -0.25) is 0 Å². The first-order valence-corrected chi connectivity index (χ1v) is 8.07. The number of thioether (sulfide) groups is 1. The van der Waals surface area contributed by atoms with Crippen LogP contribution in [0.3, 0.4) is 0 Å². The second kappa shape index (κ2) is 5.58. The van der Waals surface area contributed by atoms with Crippen molar-refractivity contribution in [3.63, 3.8) is 0 Å². The minimum atomic E-state index is 0.237. The Balaban J connectivity index is 2.23. The molecule has 1 atom stereocenters. The molecule has 0 aliphatic rings. The first-order chi connectivity index (χ1) is 7.70. The summed E-state index contributed by atoms with van der Waals surface area (Å²) in [6.45, 7) is 0. The Morgan fingerprint density at radius 1 is 1.19 bits per heavy atom. The molecule has 2 aromatic rings. The molecule has 0 nitrogen and oxygen atoms in total. The third kappa shape index (κ3) is 2.83. The molecule has 1 heterocycles. The summed E-state index contributed by atoms with van der Waals surface area (Å²) in [6, 6.07) is 12.6. The Morgan fingerprint density at radius 3 is 2.38 bits per heavy atom. The molecular weight excluding hydrogens is 324 g/mol. The number of hydrogen-bond donors (Lipinski definition) is 0. The van der Waals surface area contributed by atoms with Crippen molar-refractivity contribution < 1.29 is 0 Å². The van der Waals surface area contributed by atoms with Gasteiger partial charge >= 0.3 is 0 Å².